The largest absolute Gasteiger partial charge is 2.00 e. The normalized spacial score (nSPS) is 9.89. The molecule has 0 N–H and O–H groups in total. The van der Waals surface area contributed by atoms with Crippen molar-refractivity contribution in [2.45, 2.75) is 66.6 Å². The van der Waals surface area contributed by atoms with Crippen LogP contribution in [0.2, 0.25) is 0 Å². The van der Waals surface area contributed by atoms with E-state index in [4.69, 9.17) is 29.6 Å². The Morgan fingerprint density at radius 1 is 0.737 bits per heavy atom. The van der Waals surface area contributed by atoms with Crippen LogP contribution in [-0.4, -0.2) is 23.1 Å². The predicted molar refractivity (Wildman–Crippen MR) is 63.0 cm³/mol. The van der Waals surface area contributed by atoms with Gasteiger partial charge in [0.25, 0.3) is 0 Å². The molecule has 0 aliphatic heterocycles. The summed E-state index contributed by atoms with van der Waals surface area (Å²) in [5.74, 6) is -2.17. The minimum Gasteiger partial charge on any atom is -0.550 e. The standard InChI is InChI=1S/C8H18O2.2C2H4O2.Pd/c1-7(2,3)9-10-8(4,5)6;2*1-2(3)4;/h1-6H3;2*1H3,(H,3,4);/q;;;+2/p-2. The first kappa shape index (κ1) is 27.0. The summed E-state index contributed by atoms with van der Waals surface area (Å²) >= 11 is 0. The molecular weight excluding hydrogens is 347 g/mol. The van der Waals surface area contributed by atoms with Gasteiger partial charge in [0.1, 0.15) is 0 Å². The van der Waals surface area contributed by atoms with Gasteiger partial charge in [0, 0.05) is 11.9 Å². The summed E-state index contributed by atoms with van der Waals surface area (Å²) < 4.78 is 0. The van der Waals surface area contributed by atoms with Gasteiger partial charge in [0.05, 0.1) is 11.2 Å². The van der Waals surface area contributed by atoms with E-state index in [1.165, 1.54) is 0 Å². The first-order chi connectivity index (χ1) is 7.67. The molecule has 0 spiro atoms. The van der Waals surface area contributed by atoms with Crippen molar-refractivity contribution in [1.82, 2.24) is 0 Å². The fourth-order valence-electron chi connectivity index (χ4n) is 0.250. The molecule has 0 saturated heterocycles. The Hall–Kier alpha value is -0.478. The average molecular weight is 371 g/mol. The Balaban J connectivity index is -0.000000105. The van der Waals surface area contributed by atoms with E-state index in [0.717, 1.165) is 13.8 Å². The van der Waals surface area contributed by atoms with E-state index in [-0.39, 0.29) is 31.6 Å². The third-order valence-corrected chi connectivity index (χ3v) is 0.542. The predicted octanol–water partition coefficient (Wildman–Crippen LogP) is 0.0415. The second kappa shape index (κ2) is 12.6. The van der Waals surface area contributed by atoms with E-state index in [9.17, 15) is 0 Å². The Kier molecular flexibility index (Phi) is 17.8. The van der Waals surface area contributed by atoms with Crippen molar-refractivity contribution in [2.75, 3.05) is 0 Å². The Morgan fingerprint density at radius 2 is 0.842 bits per heavy atom. The zero-order valence-corrected chi connectivity index (χ0v) is 14.3. The molecule has 19 heavy (non-hydrogen) atoms. The Labute approximate surface area is 129 Å². The molecule has 7 heteroatoms. The zero-order valence-electron chi connectivity index (χ0n) is 12.8. The molecule has 0 atom stereocenters. The van der Waals surface area contributed by atoms with Crippen molar-refractivity contribution in [2.24, 2.45) is 0 Å². The van der Waals surface area contributed by atoms with Crippen molar-refractivity contribution in [3.8, 4) is 0 Å². The van der Waals surface area contributed by atoms with E-state index in [1.54, 1.807) is 0 Å². The SMILES string of the molecule is CC(=O)[O-].CC(=O)[O-].CC(C)(C)OOC(C)(C)C.[Pd+2]. The minimum atomic E-state index is -1.08. The summed E-state index contributed by atoms with van der Waals surface area (Å²) in [4.78, 5) is 28.0. The minimum absolute atomic E-state index is 0. The fourth-order valence-corrected chi connectivity index (χ4v) is 0.250. The smallest absolute Gasteiger partial charge is 0.550 e. The Morgan fingerprint density at radius 3 is 0.895 bits per heavy atom. The molecule has 0 rings (SSSR count). The summed E-state index contributed by atoms with van der Waals surface area (Å²) in [5.41, 5.74) is -0.430. The second-order valence-corrected chi connectivity index (χ2v) is 5.37. The molecule has 0 aromatic rings. The third kappa shape index (κ3) is 99.2. The first-order valence-electron chi connectivity index (χ1n) is 5.39. The van der Waals surface area contributed by atoms with E-state index in [1.807, 2.05) is 41.5 Å². The molecule has 0 aliphatic carbocycles. The summed E-state index contributed by atoms with van der Waals surface area (Å²) in [5, 5.41) is 17.8. The second-order valence-electron chi connectivity index (χ2n) is 5.37. The number of aliphatic carboxylic acids is 2. The Bertz CT molecular complexity index is 206. The number of hydrogen-bond donors (Lipinski definition) is 0. The van der Waals surface area contributed by atoms with Crippen molar-refractivity contribution in [3.63, 3.8) is 0 Å². The molecule has 0 unspecified atom stereocenters. The van der Waals surface area contributed by atoms with Crippen LogP contribution in [0.5, 0.6) is 0 Å². The zero-order chi connectivity index (χ0) is 15.6. The first-order valence-corrected chi connectivity index (χ1v) is 5.39. The molecule has 0 amide bonds. The van der Waals surface area contributed by atoms with E-state index >= 15 is 0 Å². The number of hydrogen-bond acceptors (Lipinski definition) is 6. The van der Waals surface area contributed by atoms with E-state index in [0.29, 0.717) is 0 Å². The molecule has 118 valence electrons. The van der Waals surface area contributed by atoms with Crippen LogP contribution in [0, 0.1) is 0 Å². The van der Waals surface area contributed by atoms with Gasteiger partial charge >= 0.3 is 20.4 Å². The molecule has 0 aromatic carbocycles. The molecule has 0 aromatic heterocycles. The maximum Gasteiger partial charge on any atom is 2.00 e. The summed E-state index contributed by atoms with van der Waals surface area (Å²) in [6.45, 7) is 13.7. The molecule has 0 saturated carbocycles. The monoisotopic (exact) mass is 370 g/mol. The van der Waals surface area contributed by atoms with Gasteiger partial charge in [-0.2, -0.15) is 0 Å². The molecule has 0 aliphatic rings. The number of carbonyl (C=O) groups is 2. The maximum atomic E-state index is 8.89. The van der Waals surface area contributed by atoms with E-state index in [2.05, 4.69) is 0 Å². The summed E-state index contributed by atoms with van der Waals surface area (Å²) in [6.07, 6.45) is 0. The van der Waals surface area contributed by atoms with Crippen molar-refractivity contribution in [3.05, 3.63) is 0 Å². The van der Waals surface area contributed by atoms with Crippen LogP contribution in [-0.2, 0) is 39.8 Å². The van der Waals surface area contributed by atoms with E-state index < -0.39 is 11.9 Å². The van der Waals surface area contributed by atoms with Gasteiger partial charge in [-0.25, -0.2) is 9.78 Å². The van der Waals surface area contributed by atoms with Gasteiger partial charge < -0.3 is 19.8 Å². The quantitative estimate of drug-likeness (QED) is 0.367. The van der Waals surface area contributed by atoms with Crippen LogP contribution in [0.1, 0.15) is 55.4 Å². The van der Waals surface area contributed by atoms with Crippen molar-refractivity contribution < 1.29 is 50.0 Å². The van der Waals surface area contributed by atoms with Crippen molar-refractivity contribution >= 4 is 11.9 Å². The van der Waals surface area contributed by atoms with Crippen LogP contribution in [0.3, 0.4) is 0 Å². The van der Waals surface area contributed by atoms with Crippen LogP contribution in [0.4, 0.5) is 0 Å². The number of carbonyl (C=O) groups excluding carboxylic acids is 2. The summed E-state index contributed by atoms with van der Waals surface area (Å²) in [7, 11) is 0. The molecule has 0 heterocycles. The van der Waals surface area contributed by atoms with Gasteiger partial charge in [0.15, 0.2) is 0 Å². The van der Waals surface area contributed by atoms with Crippen LogP contribution in [0.15, 0.2) is 0 Å². The fraction of sp³-hybridized carbons (Fsp3) is 0.833. The van der Waals surface area contributed by atoms with Gasteiger partial charge in [-0.3, -0.25) is 0 Å². The molecule has 6 nitrogen and oxygen atoms in total. The topological polar surface area (TPSA) is 98.7 Å². The molecular formula is C12H24O6Pd. The van der Waals surface area contributed by atoms with Gasteiger partial charge in [-0.1, -0.05) is 0 Å². The molecule has 0 bridgehead atoms. The number of carboxylic acid groups (broad SMARTS) is 2. The molecule has 0 radical (unpaired) electrons. The van der Waals surface area contributed by atoms with Crippen LogP contribution in [0.25, 0.3) is 0 Å². The maximum absolute atomic E-state index is 8.89. The number of rotatable bonds is 1. The number of carboxylic acids is 2. The van der Waals surface area contributed by atoms with Gasteiger partial charge in [0.2, 0.25) is 0 Å². The van der Waals surface area contributed by atoms with Crippen LogP contribution >= 0.6 is 0 Å². The third-order valence-electron chi connectivity index (χ3n) is 0.542. The van der Waals surface area contributed by atoms with Crippen molar-refractivity contribution in [1.29, 1.82) is 0 Å². The average Bonchev–Trinajstić information content (AvgIpc) is 1.95. The summed E-state index contributed by atoms with van der Waals surface area (Å²) in [6, 6.07) is 0. The van der Waals surface area contributed by atoms with Gasteiger partial charge in [-0.15, -0.1) is 0 Å². The van der Waals surface area contributed by atoms with Crippen LogP contribution < -0.4 is 10.2 Å². The molecule has 0 fully saturated rings. The van der Waals surface area contributed by atoms with Gasteiger partial charge in [-0.05, 0) is 55.4 Å².